The Balaban J connectivity index is 2.20. The van der Waals surface area contributed by atoms with Crippen LogP contribution in [0.25, 0.3) is 0 Å². The summed E-state index contributed by atoms with van der Waals surface area (Å²) < 4.78 is 0. The minimum absolute atomic E-state index is 0.396. The van der Waals surface area contributed by atoms with Crippen LogP contribution >= 0.6 is 0 Å². The van der Waals surface area contributed by atoms with Gasteiger partial charge in [0.25, 0.3) is 0 Å². The van der Waals surface area contributed by atoms with Crippen LogP contribution < -0.4 is 0 Å². The van der Waals surface area contributed by atoms with Crippen LogP contribution in [0.15, 0.2) is 24.3 Å². The second kappa shape index (κ2) is 3.73. The average Bonchev–Trinajstić information content (AvgIpc) is 2.15. The van der Waals surface area contributed by atoms with Gasteiger partial charge in [0.1, 0.15) is 0 Å². The predicted molar refractivity (Wildman–Crippen MR) is 68.1 cm³/mol. The highest BCUT2D eigenvalue weighted by Gasteiger charge is 2.44. The Morgan fingerprint density at radius 2 is 2.19 bits per heavy atom. The molecule has 3 unspecified atom stereocenters. The van der Waals surface area contributed by atoms with Crippen LogP contribution in [-0.2, 0) is 0 Å². The Bertz CT molecular complexity index is 321. The fourth-order valence-electron chi connectivity index (χ4n) is 3.45. The Hall–Kier alpha value is -0.560. The van der Waals surface area contributed by atoms with E-state index in [-0.39, 0.29) is 0 Å². The maximum atomic E-state index is 10.2. The molecule has 0 heterocycles. The summed E-state index contributed by atoms with van der Waals surface area (Å²) >= 11 is 0. The van der Waals surface area contributed by atoms with Crippen molar-refractivity contribution in [3.05, 3.63) is 24.3 Å². The van der Waals surface area contributed by atoms with Gasteiger partial charge in [-0.3, -0.25) is 0 Å². The Morgan fingerprint density at radius 3 is 2.81 bits per heavy atom. The second-order valence-electron chi connectivity index (χ2n) is 6.51. The van der Waals surface area contributed by atoms with Crippen molar-refractivity contribution in [1.29, 1.82) is 0 Å². The van der Waals surface area contributed by atoms with Gasteiger partial charge in [-0.2, -0.15) is 0 Å². The van der Waals surface area contributed by atoms with E-state index < -0.39 is 5.60 Å². The molecule has 2 rings (SSSR count). The van der Waals surface area contributed by atoms with Crippen LogP contribution in [0.5, 0.6) is 0 Å². The van der Waals surface area contributed by atoms with Crippen molar-refractivity contribution in [2.24, 2.45) is 17.3 Å². The molecular weight excluding hydrogens is 196 g/mol. The molecule has 3 atom stereocenters. The summed E-state index contributed by atoms with van der Waals surface area (Å²) in [6.07, 6.45) is 9.09. The molecule has 16 heavy (non-hydrogen) atoms. The zero-order chi connectivity index (χ0) is 12.0. The molecular formula is C15H24O. The van der Waals surface area contributed by atoms with Gasteiger partial charge in [-0.1, -0.05) is 31.2 Å². The first kappa shape index (κ1) is 11.9. The molecule has 1 nitrogen and oxygen atoms in total. The number of hydrogen-bond acceptors (Lipinski definition) is 1. The first-order valence-corrected chi connectivity index (χ1v) is 6.41. The third-order valence-electron chi connectivity index (χ3n) is 4.79. The molecule has 0 aromatic rings. The molecule has 2 aliphatic rings. The van der Waals surface area contributed by atoms with Gasteiger partial charge in [-0.25, -0.2) is 0 Å². The van der Waals surface area contributed by atoms with E-state index in [2.05, 4.69) is 25.7 Å². The highest BCUT2D eigenvalue weighted by atomic mass is 16.3. The molecule has 0 radical (unpaired) electrons. The topological polar surface area (TPSA) is 20.2 Å². The number of allylic oxidation sites excluding steroid dienone is 3. The van der Waals surface area contributed by atoms with E-state index in [9.17, 15) is 5.11 Å². The van der Waals surface area contributed by atoms with Crippen molar-refractivity contribution in [1.82, 2.24) is 0 Å². The van der Waals surface area contributed by atoms with Crippen LogP contribution in [0, 0.1) is 17.3 Å². The summed E-state index contributed by atoms with van der Waals surface area (Å²) in [5.41, 5.74) is 1.12. The van der Waals surface area contributed by atoms with Crippen LogP contribution in [0.2, 0.25) is 0 Å². The van der Waals surface area contributed by atoms with E-state index in [1.165, 1.54) is 18.4 Å². The van der Waals surface area contributed by atoms with Gasteiger partial charge >= 0.3 is 0 Å². The molecule has 1 heteroatoms. The van der Waals surface area contributed by atoms with Crippen LogP contribution in [0.1, 0.15) is 46.5 Å². The molecule has 1 fully saturated rings. The van der Waals surface area contributed by atoms with E-state index in [1.807, 2.05) is 13.8 Å². The van der Waals surface area contributed by atoms with E-state index in [0.29, 0.717) is 17.3 Å². The molecule has 0 aromatic heterocycles. The van der Waals surface area contributed by atoms with Crippen molar-refractivity contribution in [2.45, 2.75) is 52.1 Å². The van der Waals surface area contributed by atoms with Gasteiger partial charge in [-0.05, 0) is 56.8 Å². The number of fused-ring (bicyclic) bond motifs is 1. The second-order valence-corrected chi connectivity index (χ2v) is 6.51. The third-order valence-corrected chi connectivity index (χ3v) is 4.79. The largest absolute Gasteiger partial charge is 0.390 e. The molecule has 0 bridgehead atoms. The fourth-order valence-corrected chi connectivity index (χ4v) is 3.45. The Labute approximate surface area is 99.3 Å². The number of rotatable bonds is 1. The van der Waals surface area contributed by atoms with Gasteiger partial charge in [0.2, 0.25) is 0 Å². The molecule has 0 amide bonds. The normalized spacial score (nSPS) is 39.6. The summed E-state index contributed by atoms with van der Waals surface area (Å²) in [5.74, 6) is 0.997. The first-order valence-electron chi connectivity index (χ1n) is 6.41. The molecule has 90 valence electrons. The summed E-state index contributed by atoms with van der Waals surface area (Å²) in [6, 6.07) is 0. The lowest BCUT2D eigenvalue weighted by molar-refractivity contribution is -0.0334. The molecule has 1 N–H and O–H groups in total. The molecule has 0 saturated heterocycles. The number of aliphatic hydroxyl groups is 1. The van der Waals surface area contributed by atoms with Crippen molar-refractivity contribution in [2.75, 3.05) is 0 Å². The van der Waals surface area contributed by atoms with Crippen molar-refractivity contribution in [3.8, 4) is 0 Å². The minimum atomic E-state index is -0.539. The molecule has 0 spiro atoms. The van der Waals surface area contributed by atoms with E-state index in [4.69, 9.17) is 0 Å². The summed E-state index contributed by atoms with van der Waals surface area (Å²) in [4.78, 5) is 0. The van der Waals surface area contributed by atoms with Gasteiger partial charge in [0.05, 0.1) is 5.60 Å². The zero-order valence-electron chi connectivity index (χ0n) is 10.8. The fraction of sp³-hybridized carbons (Fsp3) is 0.733. The smallest absolute Gasteiger partial charge is 0.0620 e. The average molecular weight is 220 g/mol. The third kappa shape index (κ3) is 1.98. The Morgan fingerprint density at radius 1 is 1.50 bits per heavy atom. The molecule has 2 aliphatic carbocycles. The maximum Gasteiger partial charge on any atom is 0.0620 e. The molecule has 0 aliphatic heterocycles. The molecule has 1 saturated carbocycles. The highest BCUT2D eigenvalue weighted by molar-refractivity contribution is 5.26. The monoisotopic (exact) mass is 220 g/mol. The molecule has 0 aromatic carbocycles. The van der Waals surface area contributed by atoms with Crippen molar-refractivity contribution < 1.29 is 5.11 Å². The zero-order valence-corrected chi connectivity index (χ0v) is 10.8. The predicted octanol–water partition coefficient (Wildman–Crippen LogP) is 3.70. The lowest BCUT2D eigenvalue weighted by Crippen LogP contribution is -2.43. The van der Waals surface area contributed by atoms with Crippen LogP contribution in [0.4, 0.5) is 0 Å². The first-order chi connectivity index (χ1) is 7.33. The minimum Gasteiger partial charge on any atom is -0.390 e. The highest BCUT2D eigenvalue weighted by Crippen LogP contribution is 2.52. The lowest BCUT2D eigenvalue weighted by Gasteiger charge is -2.49. The van der Waals surface area contributed by atoms with Crippen LogP contribution in [0.3, 0.4) is 0 Å². The SMILES string of the molecule is C=C1C=CCC2(C)CCC(C(C)(C)O)CC12. The quantitative estimate of drug-likeness (QED) is 0.714. The van der Waals surface area contributed by atoms with Crippen molar-refractivity contribution in [3.63, 3.8) is 0 Å². The number of hydrogen-bond donors (Lipinski definition) is 1. The van der Waals surface area contributed by atoms with Gasteiger partial charge in [0.15, 0.2) is 0 Å². The van der Waals surface area contributed by atoms with Crippen LogP contribution in [-0.4, -0.2) is 10.7 Å². The van der Waals surface area contributed by atoms with E-state index >= 15 is 0 Å². The van der Waals surface area contributed by atoms with Gasteiger partial charge < -0.3 is 5.11 Å². The summed E-state index contributed by atoms with van der Waals surface area (Å²) in [7, 11) is 0. The van der Waals surface area contributed by atoms with E-state index in [1.54, 1.807) is 0 Å². The lowest BCUT2D eigenvalue weighted by atomic mass is 9.57. The van der Waals surface area contributed by atoms with E-state index in [0.717, 1.165) is 12.8 Å². The summed E-state index contributed by atoms with van der Waals surface area (Å²) in [5, 5.41) is 10.2. The van der Waals surface area contributed by atoms with Gasteiger partial charge in [0, 0.05) is 0 Å². The Kier molecular flexibility index (Phi) is 2.78. The van der Waals surface area contributed by atoms with Crippen molar-refractivity contribution >= 4 is 0 Å². The standard InChI is InChI=1S/C15H24O/c1-11-6-5-8-15(4)9-7-12(10-13(11)15)14(2,3)16/h5-6,12-13,16H,1,7-10H2,2-4H3. The van der Waals surface area contributed by atoms with Gasteiger partial charge in [-0.15, -0.1) is 0 Å². The summed E-state index contributed by atoms with van der Waals surface area (Å²) in [6.45, 7) is 10.5. The maximum absolute atomic E-state index is 10.2.